The van der Waals surface area contributed by atoms with Gasteiger partial charge in [-0.3, -0.25) is 0 Å². The monoisotopic (exact) mass is 280 g/mol. The molecule has 0 fully saturated rings. The Morgan fingerprint density at radius 2 is 2.22 bits per heavy atom. The van der Waals surface area contributed by atoms with Crippen molar-refractivity contribution in [2.75, 3.05) is 12.4 Å². The van der Waals surface area contributed by atoms with Crippen LogP contribution in [0.4, 0.5) is 5.82 Å². The molecule has 0 spiro atoms. The summed E-state index contributed by atoms with van der Waals surface area (Å²) in [7, 11) is 1.89. The van der Waals surface area contributed by atoms with Gasteiger partial charge in [-0.1, -0.05) is 6.92 Å². The summed E-state index contributed by atoms with van der Waals surface area (Å²) in [6.45, 7) is 4.17. The van der Waals surface area contributed by atoms with Crippen LogP contribution in [0.3, 0.4) is 0 Å². The lowest BCUT2D eigenvalue weighted by atomic mass is 10.3. The van der Waals surface area contributed by atoms with E-state index in [4.69, 9.17) is 0 Å². The van der Waals surface area contributed by atoms with Crippen molar-refractivity contribution in [3.8, 4) is 0 Å². The standard InChI is InChI=1S/C12H16N4S2/c1-4-5-9-15-10(13-3)8(2)11(16-9)18-12-14-6-7-17-12/h6-7H,4-5H2,1-3H3,(H,13,15,16). The molecule has 0 amide bonds. The summed E-state index contributed by atoms with van der Waals surface area (Å²) in [5, 5.41) is 6.10. The molecule has 4 nitrogen and oxygen atoms in total. The molecule has 18 heavy (non-hydrogen) atoms. The molecule has 0 aliphatic rings. The normalized spacial score (nSPS) is 10.6. The van der Waals surface area contributed by atoms with Crippen LogP contribution in [0.1, 0.15) is 24.7 Å². The molecule has 0 aliphatic heterocycles. The molecule has 0 bridgehead atoms. The maximum atomic E-state index is 4.62. The number of thiazole rings is 1. The fourth-order valence-corrected chi connectivity index (χ4v) is 3.20. The van der Waals surface area contributed by atoms with Gasteiger partial charge in [0.1, 0.15) is 16.7 Å². The minimum absolute atomic E-state index is 0.895. The molecule has 0 radical (unpaired) electrons. The van der Waals surface area contributed by atoms with E-state index in [1.165, 1.54) is 0 Å². The van der Waals surface area contributed by atoms with Gasteiger partial charge in [-0.05, 0) is 25.1 Å². The van der Waals surface area contributed by atoms with Gasteiger partial charge in [0, 0.05) is 30.6 Å². The van der Waals surface area contributed by atoms with Crippen molar-refractivity contribution in [1.82, 2.24) is 15.0 Å². The lowest BCUT2D eigenvalue weighted by molar-refractivity contribution is 0.804. The second kappa shape index (κ2) is 6.15. The van der Waals surface area contributed by atoms with Gasteiger partial charge in [-0.15, -0.1) is 11.3 Å². The summed E-state index contributed by atoms with van der Waals surface area (Å²) in [5.41, 5.74) is 1.08. The number of rotatable bonds is 5. The molecule has 0 unspecified atom stereocenters. The molecule has 2 heterocycles. The molecule has 0 saturated heterocycles. The van der Waals surface area contributed by atoms with E-state index in [2.05, 4.69) is 27.2 Å². The Balaban J connectivity index is 2.34. The van der Waals surface area contributed by atoms with Gasteiger partial charge in [0.2, 0.25) is 0 Å². The van der Waals surface area contributed by atoms with Crippen molar-refractivity contribution < 1.29 is 0 Å². The molecule has 0 saturated carbocycles. The highest BCUT2D eigenvalue weighted by atomic mass is 32.2. The van der Waals surface area contributed by atoms with Gasteiger partial charge in [0.25, 0.3) is 0 Å². The molecule has 0 atom stereocenters. The van der Waals surface area contributed by atoms with Gasteiger partial charge in [0.05, 0.1) is 0 Å². The molecule has 6 heteroatoms. The zero-order chi connectivity index (χ0) is 13.0. The van der Waals surface area contributed by atoms with E-state index in [9.17, 15) is 0 Å². The summed E-state index contributed by atoms with van der Waals surface area (Å²) in [6.07, 6.45) is 3.77. The fourth-order valence-electron chi connectivity index (χ4n) is 1.56. The molecule has 2 aromatic rings. The number of aromatic nitrogens is 3. The van der Waals surface area contributed by atoms with E-state index in [0.29, 0.717) is 0 Å². The summed E-state index contributed by atoms with van der Waals surface area (Å²) in [6, 6.07) is 0. The highest BCUT2D eigenvalue weighted by Gasteiger charge is 2.12. The van der Waals surface area contributed by atoms with E-state index in [0.717, 1.165) is 39.4 Å². The average Bonchev–Trinajstić information content (AvgIpc) is 2.86. The number of anilines is 1. The largest absolute Gasteiger partial charge is 0.373 e. The minimum atomic E-state index is 0.895. The van der Waals surface area contributed by atoms with Crippen molar-refractivity contribution in [3.63, 3.8) is 0 Å². The van der Waals surface area contributed by atoms with E-state index in [1.54, 1.807) is 23.1 Å². The predicted molar refractivity (Wildman–Crippen MR) is 76.5 cm³/mol. The van der Waals surface area contributed by atoms with Crippen molar-refractivity contribution in [2.24, 2.45) is 0 Å². The number of nitrogens with one attached hydrogen (secondary N) is 1. The molecule has 96 valence electrons. The van der Waals surface area contributed by atoms with E-state index < -0.39 is 0 Å². The number of nitrogens with zero attached hydrogens (tertiary/aromatic N) is 3. The summed E-state index contributed by atoms with van der Waals surface area (Å²) in [5.74, 6) is 1.80. The Morgan fingerprint density at radius 3 is 2.83 bits per heavy atom. The fraction of sp³-hybridized carbons (Fsp3) is 0.417. The van der Waals surface area contributed by atoms with E-state index >= 15 is 0 Å². The first kappa shape index (κ1) is 13.3. The number of aryl methyl sites for hydroxylation is 1. The van der Waals surface area contributed by atoms with Crippen molar-refractivity contribution in [1.29, 1.82) is 0 Å². The van der Waals surface area contributed by atoms with Crippen LogP contribution >= 0.6 is 23.1 Å². The summed E-state index contributed by atoms with van der Waals surface area (Å²) >= 11 is 3.24. The quantitative estimate of drug-likeness (QED) is 0.851. The van der Waals surface area contributed by atoms with Crippen LogP contribution in [0, 0.1) is 6.92 Å². The van der Waals surface area contributed by atoms with Crippen molar-refractivity contribution in [2.45, 2.75) is 36.1 Å². The lowest BCUT2D eigenvalue weighted by Gasteiger charge is -2.10. The first-order chi connectivity index (χ1) is 8.74. The van der Waals surface area contributed by atoms with Gasteiger partial charge in [0.15, 0.2) is 4.34 Å². The number of hydrogen-bond acceptors (Lipinski definition) is 6. The van der Waals surface area contributed by atoms with Crippen molar-refractivity contribution in [3.05, 3.63) is 23.0 Å². The van der Waals surface area contributed by atoms with E-state index in [-0.39, 0.29) is 0 Å². The highest BCUT2D eigenvalue weighted by Crippen LogP contribution is 2.32. The molecular formula is C12H16N4S2. The van der Waals surface area contributed by atoms with Gasteiger partial charge in [-0.2, -0.15) is 0 Å². The second-order valence-corrected chi connectivity index (χ2v) is 5.95. The van der Waals surface area contributed by atoms with Crippen molar-refractivity contribution >= 4 is 28.9 Å². The Bertz CT molecular complexity index is 511. The third kappa shape index (κ3) is 3.00. The highest BCUT2D eigenvalue weighted by molar-refractivity contribution is 8.01. The first-order valence-corrected chi connectivity index (χ1v) is 7.56. The Hall–Kier alpha value is -1.14. The Kier molecular flexibility index (Phi) is 4.54. The Labute approximate surface area is 115 Å². The van der Waals surface area contributed by atoms with Crippen LogP contribution in [0.25, 0.3) is 0 Å². The minimum Gasteiger partial charge on any atom is -0.373 e. The van der Waals surface area contributed by atoms with E-state index in [1.807, 2.05) is 25.5 Å². The lowest BCUT2D eigenvalue weighted by Crippen LogP contribution is -2.04. The van der Waals surface area contributed by atoms with Crippen LogP contribution < -0.4 is 5.32 Å². The average molecular weight is 280 g/mol. The van der Waals surface area contributed by atoms with Gasteiger partial charge in [-0.25, -0.2) is 15.0 Å². The topological polar surface area (TPSA) is 50.7 Å². The van der Waals surface area contributed by atoms with Gasteiger partial charge < -0.3 is 5.32 Å². The smallest absolute Gasteiger partial charge is 0.156 e. The molecule has 0 aromatic carbocycles. The van der Waals surface area contributed by atoms with Crippen LogP contribution in [-0.2, 0) is 6.42 Å². The molecule has 2 rings (SSSR count). The van der Waals surface area contributed by atoms with Crippen LogP contribution in [-0.4, -0.2) is 22.0 Å². The van der Waals surface area contributed by atoms with Crippen LogP contribution in [0.15, 0.2) is 20.9 Å². The molecule has 0 aliphatic carbocycles. The molecule has 2 aromatic heterocycles. The number of hydrogen-bond donors (Lipinski definition) is 1. The first-order valence-electron chi connectivity index (χ1n) is 5.87. The summed E-state index contributed by atoms with van der Waals surface area (Å²) in [4.78, 5) is 13.4. The zero-order valence-electron chi connectivity index (χ0n) is 10.7. The zero-order valence-corrected chi connectivity index (χ0v) is 12.4. The predicted octanol–water partition coefficient (Wildman–Crippen LogP) is 3.39. The third-order valence-electron chi connectivity index (χ3n) is 2.45. The molecular weight excluding hydrogens is 264 g/mol. The Morgan fingerprint density at radius 1 is 1.39 bits per heavy atom. The van der Waals surface area contributed by atoms with Crippen LogP contribution in [0.5, 0.6) is 0 Å². The molecule has 1 N–H and O–H groups in total. The third-order valence-corrected chi connectivity index (χ3v) is 4.43. The second-order valence-electron chi connectivity index (χ2n) is 3.82. The SMILES string of the molecule is CCCc1nc(NC)c(C)c(Sc2nccs2)n1. The van der Waals surface area contributed by atoms with Gasteiger partial charge >= 0.3 is 0 Å². The van der Waals surface area contributed by atoms with Crippen LogP contribution in [0.2, 0.25) is 0 Å². The maximum Gasteiger partial charge on any atom is 0.156 e. The summed E-state index contributed by atoms with van der Waals surface area (Å²) < 4.78 is 1.02. The maximum absolute atomic E-state index is 4.62.